The minimum atomic E-state index is -0.550. The topological polar surface area (TPSA) is 92.6 Å². The number of nitrogens with one attached hydrogen (secondary N) is 1. The highest BCUT2D eigenvalue weighted by atomic mass is 16.6. The first-order valence-electron chi connectivity index (χ1n) is 6.18. The van der Waals surface area contributed by atoms with Gasteiger partial charge in [-0.1, -0.05) is 12.1 Å². The lowest BCUT2D eigenvalue weighted by atomic mass is 10.1. The molecule has 1 aromatic rings. The van der Waals surface area contributed by atoms with Gasteiger partial charge in [-0.2, -0.15) is 0 Å². The zero-order chi connectivity index (χ0) is 14.9. The molecule has 0 spiro atoms. The van der Waals surface area contributed by atoms with E-state index in [1.807, 2.05) is 0 Å². The van der Waals surface area contributed by atoms with Crippen molar-refractivity contribution >= 4 is 17.5 Å². The van der Waals surface area contributed by atoms with Crippen molar-refractivity contribution in [3.05, 3.63) is 39.4 Å². The molecule has 1 saturated heterocycles. The molecule has 1 N–H and O–H groups in total. The van der Waals surface area contributed by atoms with E-state index < -0.39 is 11.0 Å². The second kappa shape index (κ2) is 5.38. The van der Waals surface area contributed by atoms with Crippen LogP contribution in [-0.2, 0) is 16.1 Å². The molecule has 7 heteroatoms. The molecule has 0 bridgehead atoms. The Hall–Kier alpha value is -2.28. The maximum atomic E-state index is 11.7. The molecule has 1 aliphatic heterocycles. The Bertz CT molecular complexity index is 585. The maximum absolute atomic E-state index is 11.7. The van der Waals surface area contributed by atoms with Crippen molar-refractivity contribution in [2.45, 2.75) is 25.9 Å². The molecule has 0 radical (unpaired) electrons. The third kappa shape index (κ3) is 2.53. The summed E-state index contributed by atoms with van der Waals surface area (Å²) < 4.78 is 0. The van der Waals surface area contributed by atoms with Crippen molar-refractivity contribution in [1.82, 2.24) is 10.2 Å². The first-order chi connectivity index (χ1) is 9.41. The van der Waals surface area contributed by atoms with Crippen molar-refractivity contribution < 1.29 is 14.5 Å². The summed E-state index contributed by atoms with van der Waals surface area (Å²) >= 11 is 0. The summed E-state index contributed by atoms with van der Waals surface area (Å²) in [5.41, 5.74) is 1.36. The van der Waals surface area contributed by atoms with E-state index in [2.05, 4.69) is 5.32 Å². The second-order valence-corrected chi connectivity index (χ2v) is 4.75. The van der Waals surface area contributed by atoms with Crippen LogP contribution in [0.1, 0.15) is 17.5 Å². The first-order valence-corrected chi connectivity index (χ1v) is 6.18. The Labute approximate surface area is 115 Å². The van der Waals surface area contributed by atoms with Crippen LogP contribution in [0, 0.1) is 17.0 Å². The number of nitro benzene ring substituents is 1. The van der Waals surface area contributed by atoms with E-state index in [0.29, 0.717) is 12.1 Å². The monoisotopic (exact) mass is 277 g/mol. The Balaban J connectivity index is 2.09. The first kappa shape index (κ1) is 14.1. The van der Waals surface area contributed by atoms with Crippen LogP contribution in [-0.4, -0.2) is 34.7 Å². The van der Waals surface area contributed by atoms with E-state index in [0.717, 1.165) is 10.5 Å². The van der Waals surface area contributed by atoms with Gasteiger partial charge >= 0.3 is 0 Å². The molecule has 1 atom stereocenters. The van der Waals surface area contributed by atoms with E-state index >= 15 is 0 Å². The summed E-state index contributed by atoms with van der Waals surface area (Å²) in [5.74, 6) is -0.485. The van der Waals surface area contributed by atoms with E-state index in [1.54, 1.807) is 19.1 Å². The Morgan fingerprint density at radius 1 is 1.45 bits per heavy atom. The number of nitrogens with zero attached hydrogens (tertiary/aromatic N) is 2. The quantitative estimate of drug-likeness (QED) is 0.498. The van der Waals surface area contributed by atoms with Crippen LogP contribution in [0.15, 0.2) is 18.2 Å². The summed E-state index contributed by atoms with van der Waals surface area (Å²) in [7, 11) is 1.45. The van der Waals surface area contributed by atoms with Gasteiger partial charge < -0.3 is 5.32 Å². The molecule has 1 aromatic carbocycles. The molecule has 1 heterocycles. The van der Waals surface area contributed by atoms with Crippen LogP contribution >= 0.6 is 0 Å². The maximum Gasteiger partial charge on any atom is 0.272 e. The zero-order valence-corrected chi connectivity index (χ0v) is 11.3. The number of carbonyl (C=O) groups is 2. The largest absolute Gasteiger partial charge is 0.301 e. The highest BCUT2D eigenvalue weighted by Gasteiger charge is 2.35. The molecule has 0 aromatic heterocycles. The highest BCUT2D eigenvalue weighted by molar-refractivity contribution is 6.05. The number of likely N-dealkylation sites (tertiary alicyclic amines) is 1. The molecule has 0 aliphatic carbocycles. The lowest BCUT2D eigenvalue weighted by Gasteiger charge is -2.12. The SMILES string of the molecule is Cc1c(CNC2CC(=O)N(C)C2=O)cccc1[N+](=O)[O-]. The Morgan fingerprint density at radius 2 is 2.15 bits per heavy atom. The average molecular weight is 277 g/mol. The average Bonchev–Trinajstić information content (AvgIpc) is 2.65. The predicted octanol–water partition coefficient (Wildman–Crippen LogP) is 0.750. The van der Waals surface area contributed by atoms with Crippen LogP contribution in [0.4, 0.5) is 5.69 Å². The lowest BCUT2D eigenvalue weighted by molar-refractivity contribution is -0.385. The fraction of sp³-hybridized carbons (Fsp3) is 0.385. The molecule has 0 saturated carbocycles. The minimum absolute atomic E-state index is 0.0512. The fourth-order valence-corrected chi connectivity index (χ4v) is 2.21. The van der Waals surface area contributed by atoms with Gasteiger partial charge in [0.1, 0.15) is 0 Å². The summed E-state index contributed by atoms with van der Waals surface area (Å²) in [6, 6.07) is 4.26. The van der Waals surface area contributed by atoms with Gasteiger partial charge in [0.15, 0.2) is 0 Å². The smallest absolute Gasteiger partial charge is 0.272 e. The molecule has 1 aliphatic rings. The molecular weight excluding hydrogens is 262 g/mol. The Kier molecular flexibility index (Phi) is 3.80. The third-order valence-electron chi connectivity index (χ3n) is 3.53. The van der Waals surface area contributed by atoms with Gasteiger partial charge in [-0.3, -0.25) is 24.6 Å². The van der Waals surface area contributed by atoms with Crippen LogP contribution in [0.5, 0.6) is 0 Å². The van der Waals surface area contributed by atoms with Gasteiger partial charge in [0, 0.05) is 25.2 Å². The lowest BCUT2D eigenvalue weighted by Crippen LogP contribution is -2.36. The number of benzene rings is 1. The van der Waals surface area contributed by atoms with E-state index in [9.17, 15) is 19.7 Å². The summed E-state index contributed by atoms with van der Waals surface area (Å²) in [6.07, 6.45) is 0.128. The molecule has 7 nitrogen and oxygen atoms in total. The summed E-state index contributed by atoms with van der Waals surface area (Å²) in [4.78, 5) is 34.6. The number of hydrogen-bond acceptors (Lipinski definition) is 5. The predicted molar refractivity (Wildman–Crippen MR) is 70.9 cm³/mol. The van der Waals surface area contributed by atoms with Crippen LogP contribution in [0.25, 0.3) is 0 Å². The molecule has 2 rings (SSSR count). The van der Waals surface area contributed by atoms with Crippen molar-refractivity contribution in [1.29, 1.82) is 0 Å². The van der Waals surface area contributed by atoms with Gasteiger partial charge in [0.05, 0.1) is 17.4 Å². The molecule has 20 heavy (non-hydrogen) atoms. The number of carbonyl (C=O) groups excluding carboxylic acids is 2. The highest BCUT2D eigenvalue weighted by Crippen LogP contribution is 2.21. The second-order valence-electron chi connectivity index (χ2n) is 4.75. The number of nitro groups is 1. The molecule has 1 unspecified atom stereocenters. The van der Waals surface area contributed by atoms with Crippen LogP contribution in [0.3, 0.4) is 0 Å². The van der Waals surface area contributed by atoms with E-state index in [-0.39, 0.29) is 23.9 Å². The number of amides is 2. The van der Waals surface area contributed by atoms with Crippen molar-refractivity contribution in [2.75, 3.05) is 7.05 Å². The summed E-state index contributed by atoms with van der Waals surface area (Å²) in [5, 5.41) is 13.8. The third-order valence-corrected chi connectivity index (χ3v) is 3.53. The normalized spacial score (nSPS) is 18.7. The van der Waals surface area contributed by atoms with E-state index in [4.69, 9.17) is 0 Å². The molecule has 1 fully saturated rings. The number of hydrogen-bond donors (Lipinski definition) is 1. The molecular formula is C13H15N3O4. The van der Waals surface area contributed by atoms with Crippen LogP contribution < -0.4 is 5.32 Å². The van der Waals surface area contributed by atoms with Crippen molar-refractivity contribution in [3.63, 3.8) is 0 Å². The molecule has 106 valence electrons. The number of rotatable bonds is 4. The van der Waals surface area contributed by atoms with Gasteiger partial charge in [-0.05, 0) is 12.5 Å². The number of imide groups is 1. The van der Waals surface area contributed by atoms with Crippen LogP contribution in [0.2, 0.25) is 0 Å². The van der Waals surface area contributed by atoms with Gasteiger partial charge in [0.25, 0.3) is 5.69 Å². The Morgan fingerprint density at radius 3 is 2.70 bits per heavy atom. The number of likely N-dealkylation sites (N-methyl/N-ethyl adjacent to an activating group) is 1. The van der Waals surface area contributed by atoms with Crippen molar-refractivity contribution in [2.24, 2.45) is 0 Å². The zero-order valence-electron chi connectivity index (χ0n) is 11.3. The minimum Gasteiger partial charge on any atom is -0.301 e. The molecule has 2 amide bonds. The van der Waals surface area contributed by atoms with Gasteiger partial charge in [-0.15, -0.1) is 0 Å². The van der Waals surface area contributed by atoms with Crippen molar-refractivity contribution in [3.8, 4) is 0 Å². The van der Waals surface area contributed by atoms with Gasteiger partial charge in [-0.25, -0.2) is 0 Å². The van der Waals surface area contributed by atoms with Gasteiger partial charge in [0.2, 0.25) is 11.8 Å². The standard InChI is InChI=1S/C13H15N3O4/c1-8-9(4-3-5-11(8)16(19)20)7-14-10-6-12(17)15(2)13(10)18/h3-5,10,14H,6-7H2,1-2H3. The fourth-order valence-electron chi connectivity index (χ4n) is 2.21. The summed E-state index contributed by atoms with van der Waals surface area (Å²) in [6.45, 7) is 1.98. The van der Waals surface area contributed by atoms with E-state index in [1.165, 1.54) is 13.1 Å².